The van der Waals surface area contributed by atoms with E-state index in [4.69, 9.17) is 5.73 Å². The van der Waals surface area contributed by atoms with Gasteiger partial charge in [0.15, 0.2) is 0 Å². The molecule has 2 aliphatic heterocycles. The fourth-order valence-electron chi connectivity index (χ4n) is 3.70. The van der Waals surface area contributed by atoms with Gasteiger partial charge in [-0.1, -0.05) is 30.3 Å². The number of nitrogens with zero attached hydrogens (tertiary/aromatic N) is 2. The van der Waals surface area contributed by atoms with Gasteiger partial charge in [-0.2, -0.15) is 0 Å². The van der Waals surface area contributed by atoms with Gasteiger partial charge in [0.2, 0.25) is 11.8 Å². The number of benzene rings is 1. The Kier molecular flexibility index (Phi) is 4.96. The average Bonchev–Trinajstić information content (AvgIpc) is 3.11. The summed E-state index contributed by atoms with van der Waals surface area (Å²) < 4.78 is 0. The van der Waals surface area contributed by atoms with Crippen molar-refractivity contribution in [2.45, 2.75) is 31.7 Å². The van der Waals surface area contributed by atoms with Gasteiger partial charge in [0.1, 0.15) is 6.04 Å². The zero-order chi connectivity index (χ0) is 16.2. The van der Waals surface area contributed by atoms with E-state index in [9.17, 15) is 9.59 Å². The number of primary amides is 1. The lowest BCUT2D eigenvalue weighted by Crippen LogP contribution is -2.46. The molecule has 0 saturated carbocycles. The molecule has 1 unspecified atom stereocenters. The van der Waals surface area contributed by atoms with Crippen LogP contribution in [0, 0.1) is 5.92 Å². The summed E-state index contributed by atoms with van der Waals surface area (Å²) in [5.41, 5.74) is 6.47. The zero-order valence-corrected chi connectivity index (χ0v) is 13.5. The Morgan fingerprint density at radius 1 is 1.00 bits per heavy atom. The van der Waals surface area contributed by atoms with E-state index in [0.717, 1.165) is 57.4 Å². The Bertz CT molecular complexity index is 547. The first-order valence-electron chi connectivity index (χ1n) is 8.54. The van der Waals surface area contributed by atoms with E-state index in [1.54, 1.807) is 0 Å². The third-order valence-corrected chi connectivity index (χ3v) is 5.06. The Labute approximate surface area is 137 Å². The van der Waals surface area contributed by atoms with Crippen LogP contribution in [0.5, 0.6) is 0 Å². The van der Waals surface area contributed by atoms with Crippen molar-refractivity contribution in [3.05, 3.63) is 35.9 Å². The summed E-state index contributed by atoms with van der Waals surface area (Å²) in [5.74, 6) is -0.0671. The van der Waals surface area contributed by atoms with Crippen LogP contribution in [0.1, 0.15) is 37.3 Å². The summed E-state index contributed by atoms with van der Waals surface area (Å²) in [7, 11) is 0. The number of hydrogen-bond acceptors (Lipinski definition) is 3. The molecule has 0 bridgehead atoms. The van der Waals surface area contributed by atoms with Crippen LogP contribution in [0.15, 0.2) is 30.3 Å². The highest BCUT2D eigenvalue weighted by molar-refractivity contribution is 5.83. The summed E-state index contributed by atoms with van der Waals surface area (Å²) in [6.45, 7) is 3.21. The third-order valence-electron chi connectivity index (χ3n) is 5.06. The molecule has 2 N–H and O–H groups in total. The van der Waals surface area contributed by atoms with Crippen molar-refractivity contribution in [3.63, 3.8) is 0 Å². The molecule has 5 heteroatoms. The lowest BCUT2D eigenvalue weighted by Gasteiger charge is -2.37. The highest BCUT2D eigenvalue weighted by Gasteiger charge is 2.35. The molecule has 2 saturated heterocycles. The van der Waals surface area contributed by atoms with Gasteiger partial charge in [-0.25, -0.2) is 0 Å². The van der Waals surface area contributed by atoms with Crippen molar-refractivity contribution in [2.75, 3.05) is 26.2 Å². The predicted molar refractivity (Wildman–Crippen MR) is 88.5 cm³/mol. The Morgan fingerprint density at radius 3 is 2.17 bits per heavy atom. The summed E-state index contributed by atoms with van der Waals surface area (Å²) in [6.07, 6.45) is 3.67. The minimum atomic E-state index is -0.233. The van der Waals surface area contributed by atoms with Crippen molar-refractivity contribution in [1.29, 1.82) is 0 Å². The summed E-state index contributed by atoms with van der Waals surface area (Å²) in [6, 6.07) is 9.76. The second-order valence-corrected chi connectivity index (χ2v) is 6.56. The molecular formula is C18H25N3O2. The van der Waals surface area contributed by atoms with Gasteiger partial charge in [-0.05, 0) is 44.3 Å². The first kappa shape index (κ1) is 16.0. The highest BCUT2D eigenvalue weighted by Crippen LogP contribution is 2.29. The number of rotatable bonds is 4. The van der Waals surface area contributed by atoms with E-state index >= 15 is 0 Å². The van der Waals surface area contributed by atoms with Crippen LogP contribution in [-0.2, 0) is 9.59 Å². The minimum Gasteiger partial charge on any atom is -0.369 e. The van der Waals surface area contributed by atoms with Gasteiger partial charge in [0, 0.05) is 19.0 Å². The number of carbonyl (C=O) groups is 2. The first-order chi connectivity index (χ1) is 11.2. The number of piperidine rings is 1. The van der Waals surface area contributed by atoms with Crippen molar-refractivity contribution in [1.82, 2.24) is 9.80 Å². The van der Waals surface area contributed by atoms with Crippen molar-refractivity contribution < 1.29 is 9.59 Å². The number of likely N-dealkylation sites (tertiary alicyclic amines) is 2. The average molecular weight is 315 g/mol. The summed E-state index contributed by atoms with van der Waals surface area (Å²) in [4.78, 5) is 28.6. The van der Waals surface area contributed by atoms with Crippen LogP contribution in [0.2, 0.25) is 0 Å². The monoisotopic (exact) mass is 315 g/mol. The highest BCUT2D eigenvalue weighted by atomic mass is 16.2. The van der Waals surface area contributed by atoms with Crippen LogP contribution in [0.3, 0.4) is 0 Å². The number of amides is 2. The van der Waals surface area contributed by atoms with E-state index in [0.29, 0.717) is 0 Å². The standard InChI is InChI=1S/C18H25N3O2/c19-17(22)15-8-12-20(13-9-15)16(14-6-2-1-3-7-14)18(23)21-10-4-5-11-21/h1-3,6-7,15-16H,4-5,8-13H2,(H2,19,22). The second-order valence-electron chi connectivity index (χ2n) is 6.56. The maximum absolute atomic E-state index is 13.1. The van der Waals surface area contributed by atoms with Gasteiger partial charge in [0.25, 0.3) is 0 Å². The lowest BCUT2D eigenvalue weighted by atomic mass is 9.93. The van der Waals surface area contributed by atoms with Gasteiger partial charge in [-0.15, -0.1) is 0 Å². The van der Waals surface area contributed by atoms with Gasteiger partial charge in [-0.3, -0.25) is 14.5 Å². The number of hydrogen-bond donors (Lipinski definition) is 1. The van der Waals surface area contributed by atoms with E-state index in [1.807, 2.05) is 35.2 Å². The Hall–Kier alpha value is -1.88. The molecule has 1 aromatic rings. The molecule has 5 nitrogen and oxygen atoms in total. The molecule has 124 valence electrons. The fraction of sp³-hybridized carbons (Fsp3) is 0.556. The van der Waals surface area contributed by atoms with Crippen LogP contribution in [-0.4, -0.2) is 47.8 Å². The molecule has 0 spiro atoms. The summed E-state index contributed by atoms with van der Waals surface area (Å²) >= 11 is 0. The summed E-state index contributed by atoms with van der Waals surface area (Å²) in [5, 5.41) is 0. The molecule has 3 rings (SSSR count). The van der Waals surface area contributed by atoms with Gasteiger partial charge in [0.05, 0.1) is 0 Å². The van der Waals surface area contributed by atoms with Crippen LogP contribution >= 0.6 is 0 Å². The molecule has 2 heterocycles. The smallest absolute Gasteiger partial charge is 0.244 e. The molecule has 1 atom stereocenters. The van der Waals surface area contributed by atoms with Crippen molar-refractivity contribution >= 4 is 11.8 Å². The van der Waals surface area contributed by atoms with E-state index in [-0.39, 0.29) is 23.8 Å². The predicted octanol–water partition coefficient (Wildman–Crippen LogP) is 1.55. The molecule has 23 heavy (non-hydrogen) atoms. The third kappa shape index (κ3) is 3.55. The molecular weight excluding hydrogens is 290 g/mol. The van der Waals surface area contributed by atoms with Crippen molar-refractivity contribution in [3.8, 4) is 0 Å². The number of carbonyl (C=O) groups excluding carboxylic acids is 2. The maximum atomic E-state index is 13.1. The molecule has 0 aromatic heterocycles. The lowest BCUT2D eigenvalue weighted by molar-refractivity contribution is -0.137. The number of nitrogens with two attached hydrogens (primary N) is 1. The minimum absolute atomic E-state index is 0.0513. The van der Waals surface area contributed by atoms with E-state index in [1.165, 1.54) is 0 Å². The molecule has 2 fully saturated rings. The Morgan fingerprint density at radius 2 is 1.61 bits per heavy atom. The SMILES string of the molecule is NC(=O)C1CCN(C(C(=O)N2CCCC2)c2ccccc2)CC1. The van der Waals surface area contributed by atoms with Crippen LogP contribution < -0.4 is 5.73 Å². The van der Waals surface area contributed by atoms with Crippen LogP contribution in [0.25, 0.3) is 0 Å². The van der Waals surface area contributed by atoms with Gasteiger partial charge >= 0.3 is 0 Å². The second kappa shape index (κ2) is 7.13. The molecule has 2 amide bonds. The Balaban J connectivity index is 1.78. The molecule has 0 radical (unpaired) electrons. The molecule has 2 aliphatic rings. The topological polar surface area (TPSA) is 66.6 Å². The first-order valence-corrected chi connectivity index (χ1v) is 8.54. The maximum Gasteiger partial charge on any atom is 0.244 e. The molecule has 0 aliphatic carbocycles. The normalized spacial score (nSPS) is 21.3. The molecule has 1 aromatic carbocycles. The van der Waals surface area contributed by atoms with Crippen molar-refractivity contribution in [2.24, 2.45) is 11.7 Å². The largest absolute Gasteiger partial charge is 0.369 e. The van der Waals surface area contributed by atoms with Gasteiger partial charge < -0.3 is 10.6 Å². The quantitative estimate of drug-likeness (QED) is 0.916. The fourth-order valence-corrected chi connectivity index (χ4v) is 3.70. The van der Waals surface area contributed by atoms with E-state index < -0.39 is 0 Å². The van der Waals surface area contributed by atoms with Crippen LogP contribution in [0.4, 0.5) is 0 Å². The van der Waals surface area contributed by atoms with E-state index in [2.05, 4.69) is 4.90 Å². The zero-order valence-electron chi connectivity index (χ0n) is 13.5.